The second-order valence-corrected chi connectivity index (χ2v) is 16.0. The Kier molecular flexibility index (Phi) is 9.05. The molecule has 12 rings (SSSR count). The fourth-order valence-corrected chi connectivity index (χ4v) is 8.48. The lowest BCUT2D eigenvalue weighted by Crippen LogP contribution is -1.96. The molecule has 5 heterocycles. The first-order chi connectivity index (χ1) is 31.6. The monoisotopic (exact) mass is 816 g/mol. The van der Waals surface area contributed by atoms with Crippen molar-refractivity contribution in [1.29, 1.82) is 0 Å². The molecule has 7 aromatic carbocycles. The van der Waals surface area contributed by atoms with Gasteiger partial charge in [-0.2, -0.15) is 0 Å². The van der Waals surface area contributed by atoms with Gasteiger partial charge in [-0.3, -0.25) is 0 Å². The minimum absolute atomic E-state index is 0.687. The van der Waals surface area contributed by atoms with E-state index in [4.69, 9.17) is 29.9 Å². The van der Waals surface area contributed by atoms with Gasteiger partial charge in [-0.05, 0) is 48.5 Å². The smallest absolute Gasteiger partial charge is 0.160 e. The minimum atomic E-state index is 0.687. The summed E-state index contributed by atoms with van der Waals surface area (Å²) in [6, 6.07) is 75.0. The molecule has 0 spiro atoms. The first-order valence-electron chi connectivity index (χ1n) is 21.3. The Hall–Kier alpha value is -8.74. The summed E-state index contributed by atoms with van der Waals surface area (Å²) in [5.74, 6) is 0.687. The highest BCUT2D eigenvalue weighted by Crippen LogP contribution is 2.34. The van der Waals surface area contributed by atoms with Gasteiger partial charge in [0.1, 0.15) is 0 Å². The maximum absolute atomic E-state index is 5.21. The van der Waals surface area contributed by atoms with E-state index in [1.165, 1.54) is 0 Å². The zero-order valence-electron chi connectivity index (χ0n) is 34.5. The third-order valence-electron chi connectivity index (χ3n) is 11.8. The van der Waals surface area contributed by atoms with Crippen LogP contribution in [-0.2, 0) is 0 Å². The summed E-state index contributed by atoms with van der Waals surface area (Å²) < 4.78 is 0. The van der Waals surface area contributed by atoms with E-state index in [-0.39, 0.29) is 0 Å². The molecule has 298 valence electrons. The van der Waals surface area contributed by atoms with Crippen molar-refractivity contribution in [3.05, 3.63) is 218 Å². The fraction of sp³-hybridized carbons (Fsp3) is 0. The minimum Gasteiger partial charge on any atom is -0.248 e. The highest BCUT2D eigenvalue weighted by atomic mass is 14.9. The molecule has 0 radical (unpaired) electrons. The molecule has 6 nitrogen and oxygen atoms in total. The largest absolute Gasteiger partial charge is 0.248 e. The summed E-state index contributed by atoms with van der Waals surface area (Å²) in [5.41, 5.74) is 15.9. The number of nitrogens with zero attached hydrogens (tertiary/aromatic N) is 6. The van der Waals surface area contributed by atoms with Gasteiger partial charge in [0, 0.05) is 60.5 Å². The second kappa shape index (κ2) is 15.6. The normalized spacial score (nSPS) is 11.4. The lowest BCUT2D eigenvalue weighted by atomic mass is 10.0. The number of fused-ring (bicyclic) bond motifs is 5. The van der Waals surface area contributed by atoms with E-state index >= 15 is 0 Å². The fourth-order valence-electron chi connectivity index (χ4n) is 8.48. The van der Waals surface area contributed by atoms with E-state index in [0.29, 0.717) is 5.82 Å². The van der Waals surface area contributed by atoms with Crippen molar-refractivity contribution in [2.45, 2.75) is 0 Å². The molecule has 0 saturated heterocycles. The number of aromatic nitrogens is 6. The molecule has 0 unspecified atom stereocenters. The highest BCUT2D eigenvalue weighted by Gasteiger charge is 2.14. The van der Waals surface area contributed by atoms with Gasteiger partial charge in [-0.25, -0.2) is 29.9 Å². The van der Waals surface area contributed by atoms with E-state index in [1.54, 1.807) is 0 Å². The molecule has 0 amide bonds. The van der Waals surface area contributed by atoms with Crippen LogP contribution in [0, 0.1) is 0 Å². The molecule has 12 aromatic rings. The number of pyridine rings is 4. The quantitative estimate of drug-likeness (QED) is 0.149. The number of hydrogen-bond donors (Lipinski definition) is 0. The van der Waals surface area contributed by atoms with Crippen molar-refractivity contribution in [2.24, 2.45) is 0 Å². The maximum atomic E-state index is 5.21. The number of rotatable bonds is 7. The van der Waals surface area contributed by atoms with Crippen LogP contribution in [-0.4, -0.2) is 29.9 Å². The molecule has 0 aliphatic carbocycles. The second-order valence-electron chi connectivity index (χ2n) is 16.0. The predicted octanol–water partition coefficient (Wildman–Crippen LogP) is 14.3. The van der Waals surface area contributed by atoms with Crippen molar-refractivity contribution in [3.63, 3.8) is 0 Å². The Bertz CT molecular complexity index is 3670. The zero-order valence-corrected chi connectivity index (χ0v) is 34.5. The molecule has 5 aromatic heterocycles. The van der Waals surface area contributed by atoms with Crippen molar-refractivity contribution in [3.8, 4) is 78.9 Å². The van der Waals surface area contributed by atoms with Gasteiger partial charge in [-0.1, -0.05) is 170 Å². The molecular weight excluding hydrogens is 781 g/mol. The maximum Gasteiger partial charge on any atom is 0.160 e. The number of hydrogen-bond acceptors (Lipinski definition) is 6. The SMILES string of the molecule is c1ccc(-c2cc(-c3cccc(-c4ccc5ccc(-c6ccc7ccc(-c8ccc9ccc%10ccc(-c%11ccccc%11)nc%10c9n8)cc7n6)cc5n4)c3)nc(-c3ccccc3)n2)cc1. The van der Waals surface area contributed by atoms with Crippen LogP contribution in [0.2, 0.25) is 0 Å². The van der Waals surface area contributed by atoms with Crippen molar-refractivity contribution >= 4 is 43.6 Å². The van der Waals surface area contributed by atoms with E-state index in [2.05, 4.69) is 152 Å². The third kappa shape index (κ3) is 6.99. The van der Waals surface area contributed by atoms with Crippen LogP contribution < -0.4 is 0 Å². The molecule has 6 heteroatoms. The summed E-state index contributed by atoms with van der Waals surface area (Å²) in [6.07, 6.45) is 0. The van der Waals surface area contributed by atoms with E-state index < -0.39 is 0 Å². The van der Waals surface area contributed by atoms with Crippen LogP contribution in [0.4, 0.5) is 0 Å². The molecule has 0 atom stereocenters. The van der Waals surface area contributed by atoms with Gasteiger partial charge >= 0.3 is 0 Å². The average Bonchev–Trinajstić information content (AvgIpc) is 3.38. The topological polar surface area (TPSA) is 77.3 Å². The van der Waals surface area contributed by atoms with E-state index in [1.807, 2.05) is 66.7 Å². The van der Waals surface area contributed by atoms with E-state index in [0.717, 1.165) is 117 Å². The first kappa shape index (κ1) is 37.1. The van der Waals surface area contributed by atoms with Crippen molar-refractivity contribution in [2.75, 3.05) is 0 Å². The van der Waals surface area contributed by atoms with Gasteiger partial charge in [0.25, 0.3) is 0 Å². The third-order valence-corrected chi connectivity index (χ3v) is 11.8. The summed E-state index contributed by atoms with van der Waals surface area (Å²) >= 11 is 0. The van der Waals surface area contributed by atoms with Crippen LogP contribution in [0.15, 0.2) is 218 Å². The molecule has 0 aliphatic heterocycles. The molecule has 0 fully saturated rings. The van der Waals surface area contributed by atoms with Gasteiger partial charge in [0.05, 0.1) is 56.2 Å². The summed E-state index contributed by atoms with van der Waals surface area (Å²) in [5, 5.41) is 4.23. The Morgan fingerprint density at radius 3 is 1.09 bits per heavy atom. The molecule has 0 bridgehead atoms. The lowest BCUT2D eigenvalue weighted by molar-refractivity contribution is 1.18. The van der Waals surface area contributed by atoms with Crippen LogP contribution in [0.25, 0.3) is 123 Å². The van der Waals surface area contributed by atoms with Gasteiger partial charge < -0.3 is 0 Å². The Morgan fingerprint density at radius 1 is 0.203 bits per heavy atom. The molecular formula is C58H36N6. The molecule has 0 N–H and O–H groups in total. The Morgan fingerprint density at radius 2 is 0.562 bits per heavy atom. The zero-order chi connectivity index (χ0) is 42.4. The van der Waals surface area contributed by atoms with E-state index in [9.17, 15) is 0 Å². The number of benzene rings is 7. The first-order valence-corrected chi connectivity index (χ1v) is 21.3. The van der Waals surface area contributed by atoms with Crippen LogP contribution in [0.1, 0.15) is 0 Å². The van der Waals surface area contributed by atoms with Crippen LogP contribution in [0.5, 0.6) is 0 Å². The Balaban J connectivity index is 0.877. The molecule has 64 heavy (non-hydrogen) atoms. The average molecular weight is 817 g/mol. The predicted molar refractivity (Wildman–Crippen MR) is 261 cm³/mol. The van der Waals surface area contributed by atoms with Crippen molar-refractivity contribution < 1.29 is 0 Å². The van der Waals surface area contributed by atoms with Gasteiger partial charge in [0.15, 0.2) is 5.82 Å². The summed E-state index contributed by atoms with van der Waals surface area (Å²) in [4.78, 5) is 30.8. The summed E-state index contributed by atoms with van der Waals surface area (Å²) in [7, 11) is 0. The molecule has 0 aliphatic rings. The van der Waals surface area contributed by atoms with Crippen LogP contribution in [0.3, 0.4) is 0 Å². The van der Waals surface area contributed by atoms with Gasteiger partial charge in [0.2, 0.25) is 0 Å². The molecule has 0 saturated carbocycles. The highest BCUT2D eigenvalue weighted by molar-refractivity contribution is 6.04. The Labute approximate surface area is 369 Å². The lowest BCUT2D eigenvalue weighted by Gasteiger charge is -2.11. The van der Waals surface area contributed by atoms with Crippen molar-refractivity contribution in [1.82, 2.24) is 29.9 Å². The summed E-state index contributed by atoms with van der Waals surface area (Å²) in [6.45, 7) is 0. The van der Waals surface area contributed by atoms with Crippen LogP contribution >= 0.6 is 0 Å². The standard InChI is InChI=1S/C58H36N6/c1-4-11-37(12-5-1)48-31-27-41-21-22-42-28-32-51(62-57(42)56(41)61-48)47-24-20-40-26-30-50(60-53(40)35-47)46-23-19-39-25-29-49(59-52(39)34-46)44-17-10-18-45(33-44)55-36-54(38-13-6-2-7-14-38)63-58(64-55)43-15-8-3-9-16-43/h1-36H. The van der Waals surface area contributed by atoms with Gasteiger partial charge in [-0.15, -0.1) is 0 Å².